The van der Waals surface area contributed by atoms with E-state index in [4.69, 9.17) is 0 Å². The fraction of sp³-hybridized carbons (Fsp3) is 0.581. The Balaban J connectivity index is 1.30. The number of aliphatic hydroxyl groups excluding tert-OH is 1. The van der Waals surface area contributed by atoms with Crippen molar-refractivity contribution in [3.8, 4) is 5.75 Å². The van der Waals surface area contributed by atoms with Crippen molar-refractivity contribution in [1.82, 2.24) is 73.8 Å². The fourth-order valence-electron chi connectivity index (χ4n) is 14.3. The van der Waals surface area contributed by atoms with E-state index in [1.54, 1.807) is 70.2 Å². The molecule has 5 rings (SSSR count). The van der Waals surface area contributed by atoms with Crippen LogP contribution in [0.5, 0.6) is 5.75 Å². The van der Waals surface area contributed by atoms with Gasteiger partial charge in [-0.3, -0.25) is 57.5 Å². The lowest BCUT2D eigenvalue weighted by molar-refractivity contribution is -0.137. The molecule has 0 radical (unpaired) electrons. The molecule has 12 amide bonds. The molecule has 0 saturated carbocycles. The Bertz CT molecular complexity index is 3970. The first-order valence-corrected chi connectivity index (χ1v) is 45.4. The zero-order chi connectivity index (χ0) is 89.5. The lowest BCUT2D eigenvalue weighted by Gasteiger charge is -2.30. The quantitative estimate of drug-likeness (QED) is 0.0162. The number of amides is 12. The maximum Gasteiger partial charge on any atom is 0.245 e. The Morgan fingerprint density at radius 3 is 1.17 bits per heavy atom. The zero-order valence-electron chi connectivity index (χ0n) is 73.9. The third-order valence-corrected chi connectivity index (χ3v) is 22.0. The molecule has 1 heterocycles. The van der Waals surface area contributed by atoms with Gasteiger partial charge in [0.25, 0.3) is 0 Å². The molecular formula is C93H140N14O14S. The summed E-state index contributed by atoms with van der Waals surface area (Å²) < 4.78 is 0. The van der Waals surface area contributed by atoms with E-state index in [9.17, 15) is 67.7 Å². The summed E-state index contributed by atoms with van der Waals surface area (Å²) in [5.41, 5.74) is 3.36. The summed E-state index contributed by atoms with van der Waals surface area (Å²) in [6.07, 6.45) is 20.8. The van der Waals surface area contributed by atoms with Gasteiger partial charge in [0.1, 0.15) is 72.2 Å². The minimum absolute atomic E-state index is 0.00894. The van der Waals surface area contributed by atoms with Crippen LogP contribution in [-0.4, -0.2) is 182 Å². The molecule has 5 aromatic rings. The van der Waals surface area contributed by atoms with Crippen molar-refractivity contribution in [3.63, 3.8) is 0 Å². The number of rotatable bonds is 59. The Kier molecular flexibility index (Phi) is 47.4. The van der Waals surface area contributed by atoms with Crippen molar-refractivity contribution in [3.05, 3.63) is 156 Å². The maximum atomic E-state index is 14.9. The van der Waals surface area contributed by atoms with Gasteiger partial charge in [0.2, 0.25) is 70.9 Å². The number of aliphatic hydroxyl groups is 1. The normalized spacial score (nSPS) is 14.6. The molecule has 13 atom stereocenters. The first kappa shape index (κ1) is 102. The van der Waals surface area contributed by atoms with E-state index in [-0.39, 0.29) is 93.2 Å². The highest BCUT2D eigenvalue weighted by Gasteiger charge is 2.38. The zero-order valence-corrected chi connectivity index (χ0v) is 74.7. The molecule has 0 fully saturated rings. The van der Waals surface area contributed by atoms with E-state index in [1.807, 2.05) is 102 Å². The molecule has 0 aliphatic heterocycles. The van der Waals surface area contributed by atoms with Gasteiger partial charge in [0, 0.05) is 50.0 Å². The van der Waals surface area contributed by atoms with Gasteiger partial charge >= 0.3 is 0 Å². The fourth-order valence-corrected chi connectivity index (χ4v) is 14.8. The Morgan fingerprint density at radius 1 is 0.377 bits per heavy atom. The molecule has 0 aliphatic rings. The van der Waals surface area contributed by atoms with Crippen LogP contribution in [0, 0.1) is 23.7 Å². The monoisotopic (exact) mass is 1710 g/mol. The highest BCUT2D eigenvalue weighted by atomic mass is 32.2. The van der Waals surface area contributed by atoms with E-state index in [0.717, 1.165) is 36.8 Å². The second-order valence-electron chi connectivity index (χ2n) is 33.7. The molecule has 15 N–H and O–H groups in total. The van der Waals surface area contributed by atoms with E-state index >= 15 is 0 Å². The molecule has 0 spiro atoms. The van der Waals surface area contributed by atoms with Crippen LogP contribution in [0.4, 0.5) is 0 Å². The first-order valence-electron chi connectivity index (χ1n) is 44.0. The predicted molar refractivity (Wildman–Crippen MR) is 477 cm³/mol. The Morgan fingerprint density at radius 2 is 0.738 bits per heavy atom. The Hall–Kier alpha value is -10.2. The lowest BCUT2D eigenvalue weighted by Crippen LogP contribution is -2.62. The van der Waals surface area contributed by atoms with Gasteiger partial charge in [-0.25, -0.2) is 4.98 Å². The summed E-state index contributed by atoms with van der Waals surface area (Å²) in [7, 11) is 0. The summed E-state index contributed by atoms with van der Waals surface area (Å²) in [5.74, 6) is -9.38. The number of phenolic OH excluding ortho intramolecular Hbond substituents is 1. The molecule has 1 aromatic heterocycles. The minimum Gasteiger partial charge on any atom is -0.508 e. The number of nitrogens with zero attached hydrogens (tertiary/aromatic N) is 1. The van der Waals surface area contributed by atoms with Crippen molar-refractivity contribution in [2.75, 3.05) is 18.6 Å². The number of carbonyl (C=O) groups is 12. The number of unbranched alkanes of at least 4 members (excludes halogenated alkanes) is 12. The standard InChI is InChI=1S/C93H140N14O14S/c1-13-15-16-17-18-19-20-21-22-23-24-25-35-42-81(110)98-73(49-60(3)4)86(114)103-77(55-69-43-45-71(109)46-44-69)89(117)101-74(50-61(5)6)87(115)104-79(56-70-57-94-59-95-70)90(118)106-80(58-108)92(120)102-75(51-62(7)8)91(119)107-82(63(9)14-2)93(121)105-78(54-68-40-33-28-34-41-68)88(116)99-72(47-48-122-12)84(112)97-65(11)83(111)100-76(53-67-38-31-27-32-39-67)85(113)96-64(10)52-66-36-29-26-30-37-66/h26-34,36-41,43-46,57,59-65,72-80,82,108-109H,13-25,35,42,47-56,58H2,1-12H3,(H,94,95)(H,96,113)(H,97,112)(H,98,110)(H,99,116)(H,100,111)(H,101,117)(H,102,120)(H,103,114)(H,104,115)(H,105,121)(H,106,118)(H,107,119)/t63-,64+,65-,72-,73-,74-,75-,76-,77-,78-,79-,80-,82-/m0/s1. The molecule has 122 heavy (non-hydrogen) atoms. The van der Waals surface area contributed by atoms with Crippen LogP contribution in [0.1, 0.15) is 226 Å². The number of benzene rings is 4. The predicted octanol–water partition coefficient (Wildman–Crippen LogP) is 8.90. The third kappa shape index (κ3) is 39.4. The number of aromatic nitrogens is 2. The van der Waals surface area contributed by atoms with Crippen molar-refractivity contribution in [1.29, 1.82) is 0 Å². The van der Waals surface area contributed by atoms with Crippen LogP contribution >= 0.6 is 11.8 Å². The van der Waals surface area contributed by atoms with Gasteiger partial charge in [0.05, 0.1) is 12.9 Å². The SMILES string of the molecule is CCCCCCCCCCCCCCCC(=O)N[C@@H](CC(C)C)C(=O)N[C@@H](Cc1ccc(O)cc1)C(=O)N[C@@H](CC(C)C)C(=O)N[C@@H](Cc1cnc[nH]1)C(=O)N[C@@H](CO)C(=O)N[C@@H](CC(C)C)C(=O)N[C@H](C(=O)N[C@@H](Cc1ccccc1)C(=O)N[C@@H](CCSC)C(=O)N[C@@H](C)C(=O)N[C@@H](Cc1ccccc1)C(=O)N[C@H](C)Cc1ccccc1)[C@@H](C)CC. The molecule has 28 nitrogen and oxygen atoms in total. The second kappa shape index (κ2) is 56.5. The van der Waals surface area contributed by atoms with Gasteiger partial charge in [-0.1, -0.05) is 249 Å². The number of phenols is 1. The number of nitrogens with one attached hydrogen (secondary N) is 13. The number of aromatic hydroxyl groups is 1. The van der Waals surface area contributed by atoms with Crippen molar-refractivity contribution < 1.29 is 67.7 Å². The molecule has 0 aliphatic carbocycles. The molecule has 29 heteroatoms. The van der Waals surface area contributed by atoms with Gasteiger partial charge in [-0.05, 0) is 122 Å². The van der Waals surface area contributed by atoms with Gasteiger partial charge in [0.15, 0.2) is 0 Å². The second-order valence-corrected chi connectivity index (χ2v) is 34.7. The molecular weight excluding hydrogens is 1570 g/mol. The average Bonchev–Trinajstić information content (AvgIpc) is 1.03. The highest BCUT2D eigenvalue weighted by Crippen LogP contribution is 2.20. The van der Waals surface area contributed by atoms with E-state index in [2.05, 4.69) is 80.7 Å². The molecule has 672 valence electrons. The van der Waals surface area contributed by atoms with Crippen LogP contribution in [0.15, 0.2) is 128 Å². The van der Waals surface area contributed by atoms with Crippen LogP contribution < -0.4 is 63.8 Å². The molecule has 0 bridgehead atoms. The number of thioether (sulfide) groups is 1. The molecule has 4 aromatic carbocycles. The number of imidazole rings is 1. The van der Waals surface area contributed by atoms with Gasteiger partial charge in [-0.15, -0.1) is 0 Å². The van der Waals surface area contributed by atoms with Crippen molar-refractivity contribution in [2.24, 2.45) is 23.7 Å². The highest BCUT2D eigenvalue weighted by molar-refractivity contribution is 7.98. The summed E-state index contributed by atoms with van der Waals surface area (Å²) in [5, 5.41) is 54.7. The van der Waals surface area contributed by atoms with E-state index < -0.39 is 144 Å². The Labute approximate surface area is 726 Å². The van der Waals surface area contributed by atoms with E-state index in [0.29, 0.717) is 41.8 Å². The van der Waals surface area contributed by atoms with Crippen LogP contribution in [-0.2, 0) is 89.6 Å². The molecule has 0 saturated heterocycles. The van der Waals surface area contributed by atoms with Gasteiger partial charge in [-0.2, -0.15) is 11.8 Å². The van der Waals surface area contributed by atoms with Crippen LogP contribution in [0.3, 0.4) is 0 Å². The number of aromatic amines is 1. The van der Waals surface area contributed by atoms with Crippen molar-refractivity contribution >= 4 is 82.6 Å². The van der Waals surface area contributed by atoms with Crippen molar-refractivity contribution in [2.45, 2.75) is 303 Å². The summed E-state index contributed by atoms with van der Waals surface area (Å²) >= 11 is 1.41. The maximum absolute atomic E-state index is 14.9. The number of hydrogen-bond acceptors (Lipinski definition) is 16. The smallest absolute Gasteiger partial charge is 0.245 e. The largest absolute Gasteiger partial charge is 0.508 e. The first-order chi connectivity index (χ1) is 58.4. The molecule has 0 unspecified atom stereocenters. The number of hydrogen-bond donors (Lipinski definition) is 15. The summed E-state index contributed by atoms with van der Waals surface area (Å²) in [6.45, 7) is 19.1. The van der Waals surface area contributed by atoms with Gasteiger partial charge < -0.3 is 79.0 Å². The summed E-state index contributed by atoms with van der Waals surface area (Å²) in [6, 6.07) is 19.0. The number of H-pyrrole nitrogens is 1. The lowest BCUT2D eigenvalue weighted by atomic mass is 9.95. The third-order valence-electron chi connectivity index (χ3n) is 21.4. The number of carbonyl (C=O) groups excluding carboxylic acids is 12. The average molecular weight is 1710 g/mol. The minimum atomic E-state index is -1.74. The van der Waals surface area contributed by atoms with E-state index in [1.165, 1.54) is 94.7 Å². The summed E-state index contributed by atoms with van der Waals surface area (Å²) in [4.78, 5) is 181. The van der Waals surface area contributed by atoms with Crippen LogP contribution in [0.2, 0.25) is 0 Å². The topological polar surface area (TPSA) is 418 Å². The van der Waals surface area contributed by atoms with Crippen LogP contribution in [0.25, 0.3) is 0 Å².